The van der Waals surface area contributed by atoms with E-state index in [9.17, 15) is 0 Å². The molecule has 0 bridgehead atoms. The molecule has 0 atom stereocenters. The van der Waals surface area contributed by atoms with E-state index >= 15 is 0 Å². The molecule has 1 aliphatic rings. The van der Waals surface area contributed by atoms with Crippen LogP contribution in [0.3, 0.4) is 0 Å². The first-order valence-corrected chi connectivity index (χ1v) is 10.1. The fourth-order valence-corrected chi connectivity index (χ4v) is 3.93. The van der Waals surface area contributed by atoms with Gasteiger partial charge in [-0.05, 0) is 49.1 Å². The first kappa shape index (κ1) is 18.4. The Morgan fingerprint density at radius 1 is 1.11 bits per heavy atom. The third-order valence-electron chi connectivity index (χ3n) is 5.51. The van der Waals surface area contributed by atoms with Crippen LogP contribution in [0, 0.1) is 5.41 Å². The van der Waals surface area contributed by atoms with Gasteiger partial charge in [-0.25, -0.2) is 0 Å². The summed E-state index contributed by atoms with van der Waals surface area (Å²) in [4.78, 5) is 4.09. The lowest BCUT2D eigenvalue weighted by Gasteiger charge is -2.19. The summed E-state index contributed by atoms with van der Waals surface area (Å²) in [6, 6.07) is 13.0. The van der Waals surface area contributed by atoms with Gasteiger partial charge in [-0.3, -0.25) is 9.67 Å². The maximum atomic E-state index is 8.37. The predicted octanol–water partition coefficient (Wildman–Crippen LogP) is 5.13. The van der Waals surface area contributed by atoms with Crippen LogP contribution in [0.4, 0.5) is 5.69 Å². The van der Waals surface area contributed by atoms with Gasteiger partial charge in [0, 0.05) is 47.2 Å². The molecule has 0 spiro atoms. The first-order chi connectivity index (χ1) is 13.7. The molecule has 28 heavy (non-hydrogen) atoms. The minimum atomic E-state index is 0.514. The van der Waals surface area contributed by atoms with Crippen molar-refractivity contribution in [2.45, 2.75) is 51.6 Å². The van der Waals surface area contributed by atoms with Crippen molar-refractivity contribution in [3.63, 3.8) is 0 Å². The third-order valence-corrected chi connectivity index (χ3v) is 5.51. The van der Waals surface area contributed by atoms with Gasteiger partial charge in [0.25, 0.3) is 0 Å². The molecule has 0 amide bonds. The van der Waals surface area contributed by atoms with Gasteiger partial charge in [0.05, 0.1) is 12.2 Å². The number of hydrogen-bond acceptors (Lipinski definition) is 4. The highest BCUT2D eigenvalue weighted by molar-refractivity contribution is 6.03. The first-order valence-electron chi connectivity index (χ1n) is 10.1. The van der Waals surface area contributed by atoms with Gasteiger partial charge in [-0.2, -0.15) is 5.10 Å². The smallest absolute Gasteiger partial charge is 0.0686 e. The molecular weight excluding hydrogens is 346 g/mol. The minimum Gasteiger partial charge on any atom is -0.382 e. The number of aromatic nitrogens is 3. The molecule has 144 valence electrons. The normalized spacial score (nSPS) is 14.3. The van der Waals surface area contributed by atoms with Crippen LogP contribution in [0.25, 0.3) is 11.3 Å². The molecule has 3 aromatic rings. The Kier molecular flexibility index (Phi) is 5.51. The van der Waals surface area contributed by atoms with Crippen molar-refractivity contribution in [3.05, 3.63) is 66.1 Å². The summed E-state index contributed by atoms with van der Waals surface area (Å²) in [5.74, 6) is 0. The Morgan fingerprint density at radius 3 is 2.64 bits per heavy atom. The van der Waals surface area contributed by atoms with Crippen molar-refractivity contribution in [2.24, 2.45) is 0 Å². The van der Waals surface area contributed by atoms with Crippen molar-refractivity contribution >= 4 is 11.4 Å². The molecule has 1 saturated carbocycles. The van der Waals surface area contributed by atoms with E-state index in [0.717, 1.165) is 28.9 Å². The minimum absolute atomic E-state index is 0.514. The number of anilines is 1. The van der Waals surface area contributed by atoms with E-state index in [4.69, 9.17) is 5.41 Å². The highest BCUT2D eigenvalue weighted by Crippen LogP contribution is 2.30. The third kappa shape index (κ3) is 3.98. The van der Waals surface area contributed by atoms with Crippen LogP contribution < -0.4 is 5.32 Å². The van der Waals surface area contributed by atoms with E-state index < -0.39 is 0 Å². The zero-order valence-electron chi connectivity index (χ0n) is 16.4. The SMILES string of the molecule is CCC(=N)c1ccc(-c2ccnn2Cc2ccncc2)cc1NC1CCCC1. The Labute approximate surface area is 166 Å². The molecule has 5 heteroatoms. The standard InChI is InChI=1S/C23H27N5/c1-2-21(24)20-8-7-18(15-22(20)27-19-5-3-4-6-19)23-11-14-26-28(23)16-17-9-12-25-13-10-17/h7-15,19,24,27H,2-6,16H2,1H3. The molecule has 0 saturated heterocycles. The summed E-state index contributed by atoms with van der Waals surface area (Å²) in [7, 11) is 0. The number of hydrogen-bond donors (Lipinski definition) is 2. The number of nitrogens with zero attached hydrogens (tertiary/aromatic N) is 3. The molecule has 1 fully saturated rings. The van der Waals surface area contributed by atoms with Gasteiger partial charge >= 0.3 is 0 Å². The van der Waals surface area contributed by atoms with Crippen LogP contribution >= 0.6 is 0 Å². The molecule has 2 heterocycles. The highest BCUT2D eigenvalue weighted by atomic mass is 15.3. The van der Waals surface area contributed by atoms with E-state index in [-0.39, 0.29) is 0 Å². The molecule has 2 aromatic heterocycles. The summed E-state index contributed by atoms with van der Waals surface area (Å²) in [5, 5.41) is 16.6. The van der Waals surface area contributed by atoms with Gasteiger partial charge in [-0.1, -0.05) is 31.9 Å². The quantitative estimate of drug-likeness (QED) is 0.565. The van der Waals surface area contributed by atoms with Crippen molar-refractivity contribution in [1.82, 2.24) is 14.8 Å². The number of nitrogens with one attached hydrogen (secondary N) is 2. The van der Waals surface area contributed by atoms with Crippen LogP contribution in [0.15, 0.2) is 55.0 Å². The summed E-state index contributed by atoms with van der Waals surface area (Å²) < 4.78 is 2.02. The van der Waals surface area contributed by atoms with E-state index in [1.807, 2.05) is 42.3 Å². The van der Waals surface area contributed by atoms with Crippen LogP contribution in [0.2, 0.25) is 0 Å². The molecule has 1 aliphatic carbocycles. The molecule has 0 aliphatic heterocycles. The van der Waals surface area contributed by atoms with Gasteiger partial charge in [0.15, 0.2) is 0 Å². The van der Waals surface area contributed by atoms with Crippen molar-refractivity contribution < 1.29 is 0 Å². The topological polar surface area (TPSA) is 66.6 Å². The second-order valence-electron chi connectivity index (χ2n) is 7.45. The summed E-state index contributed by atoms with van der Waals surface area (Å²) >= 11 is 0. The summed E-state index contributed by atoms with van der Waals surface area (Å²) in [6.07, 6.45) is 11.2. The fourth-order valence-electron chi connectivity index (χ4n) is 3.93. The molecule has 1 aromatic carbocycles. The van der Waals surface area contributed by atoms with E-state index in [2.05, 4.69) is 39.7 Å². The lowest BCUT2D eigenvalue weighted by molar-refractivity contribution is 0.693. The van der Waals surface area contributed by atoms with Gasteiger partial charge in [0.2, 0.25) is 0 Å². The van der Waals surface area contributed by atoms with Crippen LogP contribution in [0.5, 0.6) is 0 Å². The van der Waals surface area contributed by atoms with Crippen LogP contribution in [-0.2, 0) is 6.54 Å². The molecule has 4 rings (SSSR count). The molecule has 5 nitrogen and oxygen atoms in total. The maximum absolute atomic E-state index is 8.37. The van der Waals surface area contributed by atoms with Crippen molar-refractivity contribution in [2.75, 3.05) is 5.32 Å². The van der Waals surface area contributed by atoms with E-state index in [1.165, 1.54) is 31.2 Å². The summed E-state index contributed by atoms with van der Waals surface area (Å²) in [5.41, 5.74) is 6.15. The van der Waals surface area contributed by atoms with Crippen LogP contribution in [-0.4, -0.2) is 26.5 Å². The second kappa shape index (κ2) is 8.38. The zero-order chi connectivity index (χ0) is 19.3. The van der Waals surface area contributed by atoms with Crippen LogP contribution in [0.1, 0.15) is 50.2 Å². The van der Waals surface area contributed by atoms with Crippen molar-refractivity contribution in [3.8, 4) is 11.3 Å². The number of pyridine rings is 1. The average Bonchev–Trinajstić information content (AvgIpc) is 3.40. The Morgan fingerprint density at radius 2 is 1.89 bits per heavy atom. The lowest BCUT2D eigenvalue weighted by atomic mass is 10.0. The number of benzene rings is 1. The molecule has 0 radical (unpaired) electrons. The second-order valence-corrected chi connectivity index (χ2v) is 7.45. The van der Waals surface area contributed by atoms with E-state index in [1.54, 1.807) is 0 Å². The Bertz CT molecular complexity index is 939. The monoisotopic (exact) mass is 373 g/mol. The Hall–Kier alpha value is -2.95. The average molecular weight is 374 g/mol. The van der Waals surface area contributed by atoms with Gasteiger partial charge in [-0.15, -0.1) is 0 Å². The zero-order valence-corrected chi connectivity index (χ0v) is 16.4. The van der Waals surface area contributed by atoms with Gasteiger partial charge < -0.3 is 10.7 Å². The predicted molar refractivity (Wildman–Crippen MR) is 114 cm³/mol. The van der Waals surface area contributed by atoms with Crippen molar-refractivity contribution in [1.29, 1.82) is 5.41 Å². The largest absolute Gasteiger partial charge is 0.382 e. The highest BCUT2D eigenvalue weighted by Gasteiger charge is 2.18. The van der Waals surface area contributed by atoms with E-state index in [0.29, 0.717) is 18.3 Å². The maximum Gasteiger partial charge on any atom is 0.0686 e. The number of rotatable bonds is 7. The lowest BCUT2D eigenvalue weighted by Crippen LogP contribution is -2.17. The van der Waals surface area contributed by atoms with Gasteiger partial charge in [0.1, 0.15) is 0 Å². The Balaban J connectivity index is 1.66. The fraction of sp³-hybridized carbons (Fsp3) is 0.348. The molecule has 0 unspecified atom stereocenters. The molecular formula is C23H27N5. The summed E-state index contributed by atoms with van der Waals surface area (Å²) in [6.45, 7) is 2.75. The molecule has 2 N–H and O–H groups in total.